The van der Waals surface area contributed by atoms with Crippen LogP contribution in [0.25, 0.3) is 0 Å². The van der Waals surface area contributed by atoms with Crippen LogP contribution in [0.1, 0.15) is 12.0 Å². The molecule has 6 nitrogen and oxygen atoms in total. The minimum Gasteiger partial charge on any atom is -0.484 e. The third kappa shape index (κ3) is 5.71. The second kappa shape index (κ2) is 8.89. The fraction of sp³-hybridized carbons (Fsp3) is 0.263. The molecule has 0 unspecified atom stereocenters. The minimum atomic E-state index is -3.29. The van der Waals surface area contributed by atoms with Gasteiger partial charge in [-0.1, -0.05) is 11.6 Å². The summed E-state index contributed by atoms with van der Waals surface area (Å²) >= 11 is 6.03. The highest BCUT2D eigenvalue weighted by atomic mass is 35.5. The number of benzene rings is 2. The molecular formula is C19H19ClN2O4S. The fourth-order valence-electron chi connectivity index (χ4n) is 2.36. The van der Waals surface area contributed by atoms with E-state index in [9.17, 15) is 13.2 Å². The number of anilines is 1. The average molecular weight is 407 g/mol. The maximum absolute atomic E-state index is 12.6. The van der Waals surface area contributed by atoms with Crippen LogP contribution in [0.3, 0.4) is 0 Å². The zero-order valence-electron chi connectivity index (χ0n) is 15.0. The number of nitriles is 1. The number of halogens is 1. The van der Waals surface area contributed by atoms with Crippen LogP contribution in [0.15, 0.2) is 47.4 Å². The SMILES string of the molecule is Cc1cc(N(CCC#N)C(=O)COc2ccc(S(C)(=O)=O)cc2)ccc1Cl. The first-order valence-corrected chi connectivity index (χ1v) is 10.4. The molecule has 142 valence electrons. The lowest BCUT2D eigenvalue weighted by molar-refractivity contribution is -0.120. The number of aryl methyl sites for hydroxylation is 1. The number of carbonyl (C=O) groups is 1. The lowest BCUT2D eigenvalue weighted by Crippen LogP contribution is -2.35. The van der Waals surface area contributed by atoms with Crippen LogP contribution in [0.2, 0.25) is 5.02 Å². The number of hydrogen-bond acceptors (Lipinski definition) is 5. The maximum Gasteiger partial charge on any atom is 0.264 e. The molecule has 2 rings (SSSR count). The first-order chi connectivity index (χ1) is 12.7. The minimum absolute atomic E-state index is 0.175. The molecule has 0 aliphatic heterocycles. The summed E-state index contributed by atoms with van der Waals surface area (Å²) in [4.78, 5) is 14.3. The van der Waals surface area contributed by atoms with Gasteiger partial charge in [-0.05, 0) is 55.0 Å². The second-order valence-corrected chi connectivity index (χ2v) is 8.34. The Bertz CT molecular complexity index is 966. The Kier molecular flexibility index (Phi) is 6.83. The molecule has 2 aromatic carbocycles. The molecule has 0 aliphatic carbocycles. The van der Waals surface area contributed by atoms with Gasteiger partial charge >= 0.3 is 0 Å². The molecule has 0 radical (unpaired) electrons. The molecule has 0 saturated carbocycles. The highest BCUT2D eigenvalue weighted by molar-refractivity contribution is 7.90. The van der Waals surface area contributed by atoms with Crippen LogP contribution >= 0.6 is 11.6 Å². The highest BCUT2D eigenvalue weighted by Gasteiger charge is 2.17. The molecule has 0 fully saturated rings. The topological polar surface area (TPSA) is 87.5 Å². The summed E-state index contributed by atoms with van der Waals surface area (Å²) in [5.74, 6) is 0.0578. The van der Waals surface area contributed by atoms with E-state index >= 15 is 0 Å². The molecule has 0 spiro atoms. The Morgan fingerprint density at radius 1 is 1.22 bits per heavy atom. The lowest BCUT2D eigenvalue weighted by Gasteiger charge is -2.22. The van der Waals surface area contributed by atoms with Crippen LogP contribution in [0.5, 0.6) is 5.75 Å². The van der Waals surface area contributed by atoms with E-state index in [2.05, 4.69) is 0 Å². The molecule has 0 atom stereocenters. The predicted octanol–water partition coefficient (Wildman–Crippen LogP) is 3.38. The van der Waals surface area contributed by atoms with Crippen LogP contribution in [-0.4, -0.2) is 33.7 Å². The quantitative estimate of drug-likeness (QED) is 0.703. The molecule has 1 amide bonds. The van der Waals surface area contributed by atoms with Crippen molar-refractivity contribution in [1.82, 2.24) is 0 Å². The number of carbonyl (C=O) groups excluding carboxylic acids is 1. The zero-order chi connectivity index (χ0) is 20.0. The number of rotatable bonds is 7. The Balaban J connectivity index is 2.11. The van der Waals surface area contributed by atoms with Crippen molar-refractivity contribution in [3.8, 4) is 11.8 Å². The molecule has 0 bridgehead atoms. The molecule has 0 N–H and O–H groups in total. The lowest BCUT2D eigenvalue weighted by atomic mass is 10.2. The van der Waals surface area contributed by atoms with E-state index in [1.807, 2.05) is 13.0 Å². The molecule has 0 heterocycles. The van der Waals surface area contributed by atoms with Gasteiger partial charge in [0.05, 0.1) is 17.4 Å². The van der Waals surface area contributed by atoms with Crippen molar-refractivity contribution in [1.29, 1.82) is 5.26 Å². The van der Waals surface area contributed by atoms with E-state index in [0.29, 0.717) is 16.5 Å². The number of ether oxygens (including phenoxy) is 1. The average Bonchev–Trinajstić information content (AvgIpc) is 2.62. The monoisotopic (exact) mass is 406 g/mol. The van der Waals surface area contributed by atoms with E-state index in [4.69, 9.17) is 21.6 Å². The van der Waals surface area contributed by atoms with E-state index in [1.165, 1.54) is 29.2 Å². The van der Waals surface area contributed by atoms with Crippen LogP contribution in [-0.2, 0) is 14.6 Å². The van der Waals surface area contributed by atoms with Gasteiger partial charge in [0.15, 0.2) is 16.4 Å². The van der Waals surface area contributed by atoms with Gasteiger partial charge in [0, 0.05) is 23.5 Å². The smallest absolute Gasteiger partial charge is 0.264 e. The van der Waals surface area contributed by atoms with E-state index < -0.39 is 9.84 Å². The van der Waals surface area contributed by atoms with Crippen molar-refractivity contribution in [2.24, 2.45) is 0 Å². The predicted molar refractivity (Wildman–Crippen MR) is 104 cm³/mol. The number of nitrogens with zero attached hydrogens (tertiary/aromatic N) is 2. The van der Waals surface area contributed by atoms with Crippen molar-refractivity contribution in [3.63, 3.8) is 0 Å². The number of amides is 1. The molecule has 0 aliphatic rings. The van der Waals surface area contributed by atoms with Gasteiger partial charge in [0.25, 0.3) is 5.91 Å². The van der Waals surface area contributed by atoms with Gasteiger partial charge in [-0.15, -0.1) is 0 Å². The molecule has 0 aromatic heterocycles. The fourth-order valence-corrected chi connectivity index (χ4v) is 3.11. The van der Waals surface area contributed by atoms with E-state index in [-0.39, 0.29) is 30.4 Å². The van der Waals surface area contributed by atoms with E-state index in [1.54, 1.807) is 18.2 Å². The highest BCUT2D eigenvalue weighted by Crippen LogP contribution is 2.23. The first kappa shape index (κ1) is 20.7. The molecule has 2 aromatic rings. The van der Waals surface area contributed by atoms with E-state index in [0.717, 1.165) is 11.8 Å². The summed E-state index contributed by atoms with van der Waals surface area (Å²) in [5.41, 5.74) is 1.45. The van der Waals surface area contributed by atoms with Gasteiger partial charge in [-0.25, -0.2) is 8.42 Å². The molecular weight excluding hydrogens is 388 g/mol. The third-order valence-electron chi connectivity index (χ3n) is 3.82. The van der Waals surface area contributed by atoms with Crippen molar-refractivity contribution in [2.75, 3.05) is 24.3 Å². The Labute approximate surface area is 163 Å². The number of sulfone groups is 1. The Morgan fingerprint density at radius 3 is 2.44 bits per heavy atom. The summed E-state index contributed by atoms with van der Waals surface area (Å²) in [6.45, 7) is 1.82. The molecule has 8 heteroatoms. The van der Waals surface area contributed by atoms with Gasteiger partial charge in [-0.3, -0.25) is 4.79 Å². The van der Waals surface area contributed by atoms with Gasteiger partial charge < -0.3 is 9.64 Å². The van der Waals surface area contributed by atoms with Crippen molar-refractivity contribution in [2.45, 2.75) is 18.2 Å². The first-order valence-electron chi connectivity index (χ1n) is 8.09. The van der Waals surface area contributed by atoms with Crippen molar-refractivity contribution in [3.05, 3.63) is 53.1 Å². The summed E-state index contributed by atoms with van der Waals surface area (Å²) in [7, 11) is -3.29. The van der Waals surface area contributed by atoms with Gasteiger partial charge in [0.1, 0.15) is 5.75 Å². The summed E-state index contributed by atoms with van der Waals surface area (Å²) in [5, 5.41) is 9.44. The van der Waals surface area contributed by atoms with Crippen molar-refractivity contribution >= 4 is 33.0 Å². The van der Waals surface area contributed by atoms with Crippen LogP contribution in [0.4, 0.5) is 5.69 Å². The van der Waals surface area contributed by atoms with Gasteiger partial charge in [-0.2, -0.15) is 5.26 Å². The number of hydrogen-bond donors (Lipinski definition) is 0. The molecule has 0 saturated heterocycles. The van der Waals surface area contributed by atoms with Crippen molar-refractivity contribution < 1.29 is 17.9 Å². The normalized spacial score (nSPS) is 10.9. The Hall–Kier alpha value is -2.56. The summed E-state index contributed by atoms with van der Waals surface area (Å²) in [6.07, 6.45) is 1.30. The standard InChI is InChI=1S/C19H19ClN2O4S/c1-14-12-15(4-9-18(14)20)22(11-3-10-21)19(23)13-26-16-5-7-17(8-6-16)27(2,24)25/h4-9,12H,3,11,13H2,1-2H3. The Morgan fingerprint density at radius 2 is 1.89 bits per heavy atom. The molecule has 27 heavy (non-hydrogen) atoms. The largest absolute Gasteiger partial charge is 0.484 e. The second-order valence-electron chi connectivity index (χ2n) is 5.92. The summed E-state index contributed by atoms with van der Waals surface area (Å²) in [6, 6.07) is 13.0. The van der Waals surface area contributed by atoms with Crippen LogP contribution in [0, 0.1) is 18.3 Å². The summed E-state index contributed by atoms with van der Waals surface area (Å²) < 4.78 is 28.4. The van der Waals surface area contributed by atoms with Crippen LogP contribution < -0.4 is 9.64 Å². The van der Waals surface area contributed by atoms with Gasteiger partial charge in [0.2, 0.25) is 0 Å². The zero-order valence-corrected chi connectivity index (χ0v) is 16.5. The maximum atomic E-state index is 12.6. The third-order valence-corrected chi connectivity index (χ3v) is 5.37.